The van der Waals surface area contributed by atoms with E-state index in [0.717, 1.165) is 17.5 Å². The molecule has 0 unspecified atom stereocenters. The monoisotopic (exact) mass is 204 g/mol. The van der Waals surface area contributed by atoms with Crippen LogP contribution in [0.1, 0.15) is 25.0 Å². The lowest BCUT2D eigenvalue weighted by molar-refractivity contribution is -0.130. The first-order chi connectivity index (χ1) is 7.06. The minimum Gasteiger partial charge on any atom is -0.423 e. The van der Waals surface area contributed by atoms with Gasteiger partial charge < -0.3 is 4.74 Å². The summed E-state index contributed by atoms with van der Waals surface area (Å²) in [7, 11) is 0. The summed E-state index contributed by atoms with van der Waals surface area (Å²) in [6.45, 7) is 9.25. The minimum absolute atomic E-state index is 0.365. The lowest BCUT2D eigenvalue weighted by atomic mass is 10.1. The second-order valence-electron chi connectivity index (χ2n) is 3.58. The van der Waals surface area contributed by atoms with E-state index in [1.807, 2.05) is 32.0 Å². The van der Waals surface area contributed by atoms with Crippen LogP contribution in [-0.2, 0) is 11.2 Å². The topological polar surface area (TPSA) is 26.3 Å². The lowest BCUT2D eigenvalue weighted by Crippen LogP contribution is -2.10. The highest BCUT2D eigenvalue weighted by Crippen LogP contribution is 2.23. The fraction of sp³-hybridized carbons (Fsp3) is 0.308. The molecule has 0 N–H and O–H groups in total. The number of hydrogen-bond acceptors (Lipinski definition) is 2. The van der Waals surface area contributed by atoms with E-state index in [0.29, 0.717) is 11.3 Å². The van der Waals surface area contributed by atoms with Crippen LogP contribution in [-0.4, -0.2) is 5.97 Å². The van der Waals surface area contributed by atoms with Crippen molar-refractivity contribution >= 4 is 5.97 Å². The zero-order chi connectivity index (χ0) is 11.4. The Morgan fingerprint density at radius 3 is 2.67 bits per heavy atom. The summed E-state index contributed by atoms with van der Waals surface area (Å²) >= 11 is 0. The van der Waals surface area contributed by atoms with Crippen molar-refractivity contribution in [3.8, 4) is 5.75 Å². The molecule has 0 aliphatic heterocycles. The average molecular weight is 204 g/mol. The number of esters is 1. The van der Waals surface area contributed by atoms with E-state index in [1.54, 1.807) is 6.92 Å². The third kappa shape index (κ3) is 2.69. The smallest absolute Gasteiger partial charge is 0.338 e. The highest BCUT2D eigenvalue weighted by atomic mass is 16.5. The van der Waals surface area contributed by atoms with E-state index in [4.69, 9.17) is 4.74 Å². The van der Waals surface area contributed by atoms with Crippen molar-refractivity contribution in [3.05, 3.63) is 41.5 Å². The van der Waals surface area contributed by atoms with E-state index in [1.165, 1.54) is 0 Å². The molecule has 0 aliphatic carbocycles. The van der Waals surface area contributed by atoms with Gasteiger partial charge in [0.2, 0.25) is 0 Å². The van der Waals surface area contributed by atoms with E-state index < -0.39 is 0 Å². The molecule has 0 saturated carbocycles. The van der Waals surface area contributed by atoms with Crippen molar-refractivity contribution in [1.82, 2.24) is 0 Å². The van der Waals surface area contributed by atoms with Crippen LogP contribution < -0.4 is 4.74 Å². The van der Waals surface area contributed by atoms with Crippen molar-refractivity contribution in [2.24, 2.45) is 0 Å². The quantitative estimate of drug-likeness (QED) is 0.430. The first kappa shape index (κ1) is 11.5. The standard InChI is InChI=1S/C13H16O2/c1-5-11-10(4)7-6-8-12(11)15-13(14)9(2)3/h6-8H,2,5H2,1,3-4H3. The number of ether oxygens (including phenoxy) is 1. The van der Waals surface area contributed by atoms with Crippen molar-refractivity contribution in [1.29, 1.82) is 0 Å². The van der Waals surface area contributed by atoms with Crippen LogP contribution in [0.5, 0.6) is 5.75 Å². The summed E-state index contributed by atoms with van der Waals surface area (Å²) in [5, 5.41) is 0. The number of benzene rings is 1. The SMILES string of the molecule is C=C(C)C(=O)Oc1cccc(C)c1CC. The summed E-state index contributed by atoms with van der Waals surface area (Å²) in [6.07, 6.45) is 0.853. The van der Waals surface area contributed by atoms with E-state index in [9.17, 15) is 4.79 Å². The molecule has 1 aromatic carbocycles. The Morgan fingerprint density at radius 1 is 1.47 bits per heavy atom. The van der Waals surface area contributed by atoms with Crippen molar-refractivity contribution in [3.63, 3.8) is 0 Å². The van der Waals surface area contributed by atoms with Gasteiger partial charge in [0.05, 0.1) is 0 Å². The Bertz CT molecular complexity index is 392. The van der Waals surface area contributed by atoms with Gasteiger partial charge in [0.25, 0.3) is 0 Å². The molecule has 15 heavy (non-hydrogen) atoms. The average Bonchev–Trinajstić information content (AvgIpc) is 2.18. The molecule has 0 fully saturated rings. The predicted octanol–water partition coefficient (Wildman–Crippen LogP) is 3.04. The molecule has 0 amide bonds. The maximum absolute atomic E-state index is 11.4. The van der Waals surface area contributed by atoms with Crippen LogP contribution in [0.3, 0.4) is 0 Å². The molecular weight excluding hydrogens is 188 g/mol. The fourth-order valence-electron chi connectivity index (χ4n) is 1.41. The molecule has 80 valence electrons. The molecule has 0 aliphatic rings. The second kappa shape index (κ2) is 4.78. The van der Waals surface area contributed by atoms with Gasteiger partial charge in [0.1, 0.15) is 5.75 Å². The molecule has 0 radical (unpaired) electrons. The number of carbonyl (C=O) groups excluding carboxylic acids is 1. The third-order valence-corrected chi connectivity index (χ3v) is 2.27. The molecule has 0 bridgehead atoms. The number of carbonyl (C=O) groups is 1. The van der Waals surface area contributed by atoms with Gasteiger partial charge in [-0.1, -0.05) is 25.6 Å². The first-order valence-corrected chi connectivity index (χ1v) is 5.02. The summed E-state index contributed by atoms with van der Waals surface area (Å²) in [4.78, 5) is 11.4. The fourth-order valence-corrected chi connectivity index (χ4v) is 1.41. The normalized spacial score (nSPS) is 9.80. The highest BCUT2D eigenvalue weighted by Gasteiger charge is 2.09. The van der Waals surface area contributed by atoms with Crippen LogP contribution in [0.2, 0.25) is 0 Å². The maximum Gasteiger partial charge on any atom is 0.338 e. The number of rotatable bonds is 3. The summed E-state index contributed by atoms with van der Waals surface area (Å²) in [6, 6.07) is 5.71. The van der Waals surface area contributed by atoms with Crippen molar-refractivity contribution < 1.29 is 9.53 Å². The van der Waals surface area contributed by atoms with Crippen LogP contribution in [0, 0.1) is 6.92 Å². The van der Waals surface area contributed by atoms with Crippen LogP contribution >= 0.6 is 0 Å². The predicted molar refractivity (Wildman–Crippen MR) is 61.0 cm³/mol. The molecule has 0 saturated heterocycles. The van der Waals surface area contributed by atoms with Gasteiger partial charge in [-0.15, -0.1) is 0 Å². The zero-order valence-electron chi connectivity index (χ0n) is 9.46. The van der Waals surface area contributed by atoms with Gasteiger partial charge in [-0.05, 0) is 37.5 Å². The van der Waals surface area contributed by atoms with Crippen molar-refractivity contribution in [2.75, 3.05) is 0 Å². The number of hydrogen-bond donors (Lipinski definition) is 0. The molecule has 0 heterocycles. The van der Waals surface area contributed by atoms with Gasteiger partial charge >= 0.3 is 5.97 Å². The number of aryl methyl sites for hydroxylation is 1. The Hall–Kier alpha value is -1.57. The van der Waals surface area contributed by atoms with Crippen LogP contribution in [0.25, 0.3) is 0 Å². The molecule has 1 aromatic rings. The second-order valence-corrected chi connectivity index (χ2v) is 3.58. The van der Waals surface area contributed by atoms with Crippen LogP contribution in [0.15, 0.2) is 30.4 Å². The van der Waals surface area contributed by atoms with E-state index >= 15 is 0 Å². The Kier molecular flexibility index (Phi) is 3.67. The third-order valence-electron chi connectivity index (χ3n) is 2.27. The summed E-state index contributed by atoms with van der Waals surface area (Å²) in [5.74, 6) is 0.279. The van der Waals surface area contributed by atoms with Gasteiger partial charge in [0, 0.05) is 5.57 Å². The van der Waals surface area contributed by atoms with Gasteiger partial charge in [-0.3, -0.25) is 0 Å². The van der Waals surface area contributed by atoms with Crippen molar-refractivity contribution in [2.45, 2.75) is 27.2 Å². The Balaban J connectivity index is 2.99. The van der Waals surface area contributed by atoms with E-state index in [2.05, 4.69) is 6.58 Å². The highest BCUT2D eigenvalue weighted by molar-refractivity contribution is 5.89. The molecule has 1 rings (SSSR count). The lowest BCUT2D eigenvalue weighted by Gasteiger charge is -2.10. The Morgan fingerprint density at radius 2 is 2.13 bits per heavy atom. The van der Waals surface area contributed by atoms with Gasteiger partial charge in [0.15, 0.2) is 0 Å². The van der Waals surface area contributed by atoms with Gasteiger partial charge in [-0.2, -0.15) is 0 Å². The zero-order valence-corrected chi connectivity index (χ0v) is 9.46. The molecular formula is C13H16O2. The largest absolute Gasteiger partial charge is 0.423 e. The molecule has 0 spiro atoms. The summed E-state index contributed by atoms with van der Waals surface area (Å²) < 4.78 is 5.24. The molecule has 2 nitrogen and oxygen atoms in total. The van der Waals surface area contributed by atoms with Gasteiger partial charge in [-0.25, -0.2) is 4.79 Å². The molecule has 0 aromatic heterocycles. The molecule has 0 atom stereocenters. The van der Waals surface area contributed by atoms with E-state index in [-0.39, 0.29) is 5.97 Å². The maximum atomic E-state index is 11.4. The summed E-state index contributed by atoms with van der Waals surface area (Å²) in [5.41, 5.74) is 2.63. The first-order valence-electron chi connectivity index (χ1n) is 5.02. The Labute approximate surface area is 90.6 Å². The van der Waals surface area contributed by atoms with Crippen LogP contribution in [0.4, 0.5) is 0 Å². The minimum atomic E-state index is -0.365. The molecule has 2 heteroatoms.